The summed E-state index contributed by atoms with van der Waals surface area (Å²) < 4.78 is 41.7. The summed E-state index contributed by atoms with van der Waals surface area (Å²) in [5.41, 5.74) is 11.6. The molecule has 1 saturated heterocycles. The van der Waals surface area contributed by atoms with Gasteiger partial charge in [0, 0.05) is 5.38 Å². The van der Waals surface area contributed by atoms with Gasteiger partial charge in [-0.2, -0.15) is 13.1 Å². The second kappa shape index (κ2) is 12.3. The van der Waals surface area contributed by atoms with Gasteiger partial charge >= 0.3 is 16.3 Å². The van der Waals surface area contributed by atoms with E-state index in [0.717, 1.165) is 35.2 Å². The van der Waals surface area contributed by atoms with Gasteiger partial charge in [-0.15, -0.1) is 16.0 Å². The van der Waals surface area contributed by atoms with Gasteiger partial charge in [-0.3, -0.25) is 14.1 Å². The van der Waals surface area contributed by atoms with Gasteiger partial charge in [-0.05, 0) is 38.1 Å². The van der Waals surface area contributed by atoms with Crippen molar-refractivity contribution in [1.82, 2.24) is 19.3 Å². The van der Waals surface area contributed by atoms with Crippen LogP contribution in [0.3, 0.4) is 0 Å². The number of amides is 2. The van der Waals surface area contributed by atoms with Crippen LogP contribution in [0, 0.1) is 0 Å². The Labute approximate surface area is 243 Å². The summed E-state index contributed by atoms with van der Waals surface area (Å²) in [6.45, 7) is 2.07. The fourth-order valence-corrected chi connectivity index (χ4v) is 5.70. The normalized spacial score (nSPS) is 18.0. The number of anilines is 1. The molecule has 2 amide bonds. The Kier molecular flexibility index (Phi) is 8.95. The second-order valence-corrected chi connectivity index (χ2v) is 11.4. The maximum Gasteiger partial charge on any atom is 0.362 e. The highest BCUT2D eigenvalue weighted by atomic mass is 32.2. The van der Waals surface area contributed by atoms with E-state index < -0.39 is 58.6 Å². The molecule has 0 saturated carbocycles. The number of aryl methyl sites for hydroxylation is 2. The molecular weight excluding hydrogens is 596 g/mol. The van der Waals surface area contributed by atoms with E-state index in [9.17, 15) is 32.5 Å². The van der Waals surface area contributed by atoms with E-state index in [4.69, 9.17) is 21.0 Å². The Morgan fingerprint density at radius 2 is 2.10 bits per heavy atom. The van der Waals surface area contributed by atoms with Crippen molar-refractivity contribution in [1.29, 1.82) is 0 Å². The van der Waals surface area contributed by atoms with Gasteiger partial charge in [0.15, 0.2) is 17.9 Å². The lowest BCUT2D eigenvalue weighted by molar-refractivity contribution is -0.751. The predicted octanol–water partition coefficient (Wildman–Crippen LogP) is -1.38. The number of carboxylic acid groups (broad SMARTS) is 1. The number of nitrogens with two attached hydrogens (primary N) is 2. The first-order valence-corrected chi connectivity index (χ1v) is 14.7. The molecule has 7 N–H and O–H groups in total. The number of thiazole rings is 1. The first kappa shape index (κ1) is 30.6. The largest absolute Gasteiger partial charge is 0.489 e. The minimum Gasteiger partial charge on any atom is -0.489 e. The molecule has 2 aromatic heterocycles. The zero-order valence-electron chi connectivity index (χ0n) is 22.4. The lowest BCUT2D eigenvalue weighted by Gasteiger charge is -2.42. The van der Waals surface area contributed by atoms with Crippen molar-refractivity contribution in [2.45, 2.75) is 38.1 Å². The number of hydrogen-bond donors (Lipinski definition) is 5. The number of benzene rings is 1. The zero-order valence-corrected chi connectivity index (χ0v) is 24.0. The van der Waals surface area contributed by atoms with Crippen LogP contribution in [0.1, 0.15) is 19.0 Å². The lowest BCUT2D eigenvalue weighted by atomic mass is 10.0. The van der Waals surface area contributed by atoms with Crippen molar-refractivity contribution < 1.29 is 46.7 Å². The van der Waals surface area contributed by atoms with E-state index in [1.807, 2.05) is 28.7 Å². The van der Waals surface area contributed by atoms with Gasteiger partial charge in [-0.1, -0.05) is 5.16 Å². The average Bonchev–Trinajstić information content (AvgIpc) is 3.48. The number of hydrogen-bond acceptors (Lipinski definition) is 12. The number of oxime groups is 1. The van der Waals surface area contributed by atoms with Crippen LogP contribution in [0.4, 0.5) is 5.13 Å². The van der Waals surface area contributed by atoms with Crippen LogP contribution < -0.4 is 26.2 Å². The molecule has 1 aliphatic rings. The topological polar surface area (TPSA) is 246 Å². The molecule has 4 rings (SSSR count). The van der Waals surface area contributed by atoms with Crippen LogP contribution in [0.15, 0.2) is 34.9 Å². The van der Waals surface area contributed by atoms with E-state index >= 15 is 0 Å². The molecule has 0 bridgehead atoms. The number of aliphatic carboxylic acids is 1. The number of β-lactam (4-membered cyclic amide) rings is 1. The van der Waals surface area contributed by atoms with Gasteiger partial charge in [0.05, 0.1) is 18.0 Å². The van der Waals surface area contributed by atoms with Crippen LogP contribution in [0.25, 0.3) is 10.9 Å². The number of carboxylic acids is 1. The number of ether oxygens (including phenoxy) is 1. The monoisotopic (exact) mass is 625 g/mol. The van der Waals surface area contributed by atoms with Crippen LogP contribution >= 0.6 is 11.3 Å². The first-order chi connectivity index (χ1) is 19.8. The molecule has 3 aromatic rings. The molecule has 226 valence electrons. The molecular formula is C23H29N8O9S2+. The second-order valence-electron chi connectivity index (χ2n) is 9.25. The highest BCUT2D eigenvalue weighted by Crippen LogP contribution is 2.24. The van der Waals surface area contributed by atoms with Crippen molar-refractivity contribution in [2.24, 2.45) is 17.9 Å². The number of nitrogens with zero attached hydrogens (tertiary/aromatic N) is 5. The molecule has 3 heterocycles. The first-order valence-electron chi connectivity index (χ1n) is 12.4. The summed E-state index contributed by atoms with van der Waals surface area (Å²) in [5, 5.41) is 17.9. The minimum atomic E-state index is -4.82. The lowest BCUT2D eigenvalue weighted by Crippen LogP contribution is -2.71. The van der Waals surface area contributed by atoms with E-state index in [1.165, 1.54) is 12.3 Å². The Balaban J connectivity index is 1.49. The van der Waals surface area contributed by atoms with Crippen molar-refractivity contribution in [3.8, 4) is 5.75 Å². The number of nitrogens with one attached hydrogen (secondary N) is 1. The third-order valence-electron chi connectivity index (χ3n) is 6.36. The smallest absolute Gasteiger partial charge is 0.362 e. The molecule has 17 nitrogen and oxygen atoms in total. The Morgan fingerprint density at radius 1 is 1.36 bits per heavy atom. The molecule has 1 aromatic carbocycles. The van der Waals surface area contributed by atoms with E-state index in [-0.39, 0.29) is 15.1 Å². The maximum atomic E-state index is 13.0. The highest BCUT2D eigenvalue weighted by molar-refractivity contribution is 7.84. The van der Waals surface area contributed by atoms with Crippen molar-refractivity contribution in [2.75, 3.05) is 18.9 Å². The fraction of sp³-hybridized carbons (Fsp3) is 0.391. The predicted molar refractivity (Wildman–Crippen MR) is 148 cm³/mol. The molecule has 0 radical (unpaired) electrons. The summed E-state index contributed by atoms with van der Waals surface area (Å²) in [7, 11) is -2.93. The molecule has 42 heavy (non-hydrogen) atoms. The van der Waals surface area contributed by atoms with Crippen LogP contribution in [0.5, 0.6) is 5.75 Å². The molecule has 1 unspecified atom stereocenters. The third-order valence-corrected chi connectivity index (χ3v) is 8.04. The number of aromatic nitrogens is 3. The van der Waals surface area contributed by atoms with Crippen LogP contribution in [-0.4, -0.2) is 86.9 Å². The summed E-state index contributed by atoms with van der Waals surface area (Å²) in [5.74, 6) is -3.18. The Morgan fingerprint density at radius 3 is 2.69 bits per heavy atom. The quantitative estimate of drug-likeness (QED) is 0.0485. The number of nitrogen functional groups attached to an aromatic ring is 1. The average molecular weight is 626 g/mol. The van der Waals surface area contributed by atoms with Crippen molar-refractivity contribution in [3.63, 3.8) is 0 Å². The van der Waals surface area contributed by atoms with Crippen molar-refractivity contribution >= 4 is 61.2 Å². The summed E-state index contributed by atoms with van der Waals surface area (Å²) in [6, 6.07) is 2.82. The molecule has 0 aliphatic carbocycles. The standard InChI is InChI=1S/C23H28N8O9S2/c1-12-18(21(33)31(12)42(36,37)38)27-20(32)19(15-11-41-23(25)26-15)28-40-17(22(34)35)10-39-14-4-5-16-13(8-14)9-29(2)30(16)7-3-6-24/h4-5,8-9,11-12,17-18H,3,6-7,10,24H2,1-2H3,(H4-,25,26,27,32,34,35,36,37,38)/p+1/t12-,17?,18-/m0/s1. The highest BCUT2D eigenvalue weighted by Gasteiger charge is 2.51. The zero-order chi connectivity index (χ0) is 30.8. The van der Waals surface area contributed by atoms with E-state index in [2.05, 4.69) is 15.5 Å². The molecule has 1 aliphatic heterocycles. The van der Waals surface area contributed by atoms with E-state index in [0.29, 0.717) is 12.3 Å². The van der Waals surface area contributed by atoms with E-state index in [1.54, 1.807) is 12.1 Å². The third kappa shape index (κ3) is 6.43. The van der Waals surface area contributed by atoms with Crippen LogP contribution in [-0.2, 0) is 43.1 Å². The van der Waals surface area contributed by atoms with Gasteiger partial charge < -0.3 is 31.5 Å². The Bertz CT molecular complexity index is 1650. The van der Waals surface area contributed by atoms with Gasteiger partial charge in [-0.25, -0.2) is 14.1 Å². The van der Waals surface area contributed by atoms with Crippen LogP contribution in [0.2, 0.25) is 0 Å². The van der Waals surface area contributed by atoms with Gasteiger partial charge in [0.2, 0.25) is 6.20 Å². The molecule has 0 spiro atoms. The fourth-order valence-electron chi connectivity index (χ4n) is 4.27. The number of rotatable bonds is 13. The SMILES string of the molecule is C[C@H]1[C@H](NC(=O)C(=NOC(COc2ccc3c(c2)c[n+](C)n3CCCN)C(=O)O)c2csc(N)n2)C(=O)N1S(=O)(=O)O. The van der Waals surface area contributed by atoms with Gasteiger partial charge in [0.25, 0.3) is 17.9 Å². The summed E-state index contributed by atoms with van der Waals surface area (Å²) in [4.78, 5) is 46.2. The molecule has 19 heteroatoms. The van der Waals surface area contributed by atoms with Crippen molar-refractivity contribution in [3.05, 3.63) is 35.5 Å². The number of carbonyl (C=O) groups is 3. The Hall–Kier alpha value is -4.33. The maximum absolute atomic E-state index is 13.0. The number of fused-ring (bicyclic) bond motifs is 1. The summed E-state index contributed by atoms with van der Waals surface area (Å²) in [6.07, 6.45) is 1.02. The van der Waals surface area contributed by atoms with Gasteiger partial charge in [0.1, 0.15) is 29.6 Å². The minimum absolute atomic E-state index is 0.0647. The number of carbonyl (C=O) groups excluding carboxylic acids is 2. The summed E-state index contributed by atoms with van der Waals surface area (Å²) >= 11 is 0.962. The molecule has 3 atom stereocenters. The molecule has 1 fully saturated rings.